The lowest BCUT2D eigenvalue weighted by atomic mass is 9.90. The topological polar surface area (TPSA) is 112 Å². The lowest BCUT2D eigenvalue weighted by Gasteiger charge is -2.42. The van der Waals surface area contributed by atoms with Crippen molar-refractivity contribution in [2.24, 2.45) is 11.5 Å². The quantitative estimate of drug-likeness (QED) is 0.530. The van der Waals surface area contributed by atoms with Crippen LogP contribution in [0.5, 0.6) is 0 Å². The van der Waals surface area contributed by atoms with Crippen LogP contribution in [0.25, 0.3) is 0 Å². The second-order valence-corrected chi connectivity index (χ2v) is 11.4. The van der Waals surface area contributed by atoms with Crippen molar-refractivity contribution in [3.63, 3.8) is 0 Å². The summed E-state index contributed by atoms with van der Waals surface area (Å²) in [5.41, 5.74) is 9.33. The van der Waals surface area contributed by atoms with Crippen LogP contribution in [-0.2, 0) is 19.1 Å². The van der Waals surface area contributed by atoms with Gasteiger partial charge in [-0.25, -0.2) is 8.42 Å². The van der Waals surface area contributed by atoms with E-state index in [-0.39, 0.29) is 5.04 Å². The van der Waals surface area contributed by atoms with E-state index in [9.17, 15) is 13.2 Å². The van der Waals surface area contributed by atoms with Crippen molar-refractivity contribution in [3.05, 3.63) is 0 Å². The van der Waals surface area contributed by atoms with Gasteiger partial charge in [0.15, 0.2) is 9.76 Å². The summed E-state index contributed by atoms with van der Waals surface area (Å²) in [6.07, 6.45) is 0.389. The van der Waals surface area contributed by atoms with Crippen LogP contribution in [0.15, 0.2) is 0 Å². The van der Waals surface area contributed by atoms with Crippen LogP contribution in [0, 0.1) is 0 Å². The Morgan fingerprint density at radius 3 is 1.89 bits per heavy atom. The van der Waals surface area contributed by atoms with E-state index in [0.29, 0.717) is 0 Å². The van der Waals surface area contributed by atoms with Gasteiger partial charge in [0.05, 0.1) is 17.7 Å². The summed E-state index contributed by atoms with van der Waals surface area (Å²) in [4.78, 5) is 11.5. The van der Waals surface area contributed by atoms with Crippen molar-refractivity contribution in [3.8, 4) is 0 Å². The van der Waals surface area contributed by atoms with Crippen molar-refractivity contribution in [2.75, 3.05) is 6.26 Å². The highest BCUT2D eigenvalue weighted by molar-refractivity contribution is 8.05. The minimum Gasteiger partial charge on any atom is -0.415 e. The second-order valence-electron chi connectivity index (χ2n) is 6.72. The van der Waals surface area contributed by atoms with Crippen molar-refractivity contribution >= 4 is 24.7 Å². The molecule has 0 aliphatic carbocycles. The molecule has 0 unspecified atom stereocenters. The molecule has 0 aliphatic heterocycles. The summed E-state index contributed by atoms with van der Waals surface area (Å²) >= 11 is 0. The van der Waals surface area contributed by atoms with E-state index in [1.54, 1.807) is 13.8 Å². The molecule has 0 bridgehead atoms. The molecule has 0 amide bonds. The summed E-state index contributed by atoms with van der Waals surface area (Å²) in [6.45, 7) is 9.51. The number of carbonyl (C=O) groups is 1. The van der Waals surface area contributed by atoms with Gasteiger partial charge < -0.3 is 15.9 Å². The number of hydrogen-bond acceptors (Lipinski definition) is 6. The predicted octanol–water partition coefficient (Wildman–Crippen LogP) is -0.341. The van der Waals surface area contributed by atoms with Crippen molar-refractivity contribution < 1.29 is 17.6 Å². The summed E-state index contributed by atoms with van der Waals surface area (Å²) in [7, 11) is -4.71. The molecule has 0 saturated carbocycles. The van der Waals surface area contributed by atoms with Gasteiger partial charge in [0.1, 0.15) is 0 Å². The zero-order chi connectivity index (χ0) is 15.7. The largest absolute Gasteiger partial charge is 0.415 e. The van der Waals surface area contributed by atoms with Gasteiger partial charge in [0.2, 0.25) is 15.0 Å². The van der Waals surface area contributed by atoms with Crippen LogP contribution in [0.4, 0.5) is 0 Å². The Kier molecular flexibility index (Phi) is 5.52. The van der Waals surface area contributed by atoms with Gasteiger partial charge in [-0.15, -0.1) is 0 Å². The molecule has 0 aromatic rings. The van der Waals surface area contributed by atoms with Crippen LogP contribution >= 0.6 is 0 Å². The number of hydrogen-bond donors (Lipinski definition) is 2. The Hall–Kier alpha value is -0.283. The highest BCUT2D eigenvalue weighted by Crippen LogP contribution is 2.28. The third-order valence-corrected chi connectivity index (χ3v) is 5.54. The highest BCUT2D eigenvalue weighted by Gasteiger charge is 2.43. The average molecular weight is 310 g/mol. The Morgan fingerprint density at radius 1 is 1.16 bits per heavy atom. The van der Waals surface area contributed by atoms with Crippen molar-refractivity contribution in [1.82, 2.24) is 0 Å². The molecule has 0 saturated heterocycles. The third-order valence-electron chi connectivity index (χ3n) is 2.84. The molecule has 0 fully saturated rings. The van der Waals surface area contributed by atoms with Gasteiger partial charge in [-0.1, -0.05) is 20.8 Å². The van der Waals surface area contributed by atoms with Gasteiger partial charge in [-0.05, 0) is 18.9 Å². The highest BCUT2D eigenvalue weighted by atomic mass is 32.2. The second kappa shape index (κ2) is 5.61. The normalized spacial score (nSPS) is 15.2. The standard InChI is InChI=1S/C11H26N2O4SSi/c1-9(2,3)19-17-10(4,5)11(12,13)7-8(14)18(6,15)16/h7,12-13,19H2,1-6H3. The lowest BCUT2D eigenvalue weighted by molar-refractivity contribution is -0.114. The van der Waals surface area contributed by atoms with E-state index < -0.39 is 42.4 Å². The first kappa shape index (κ1) is 18.7. The van der Waals surface area contributed by atoms with Gasteiger partial charge in [0, 0.05) is 6.26 Å². The van der Waals surface area contributed by atoms with Gasteiger partial charge in [-0.3, -0.25) is 4.79 Å². The Bertz CT molecular complexity index is 438. The molecule has 8 heteroatoms. The molecule has 6 nitrogen and oxygen atoms in total. The van der Waals surface area contributed by atoms with Crippen LogP contribution in [0.1, 0.15) is 41.0 Å². The van der Waals surface area contributed by atoms with Crippen LogP contribution < -0.4 is 11.5 Å². The minimum atomic E-state index is -3.78. The molecule has 19 heavy (non-hydrogen) atoms. The van der Waals surface area contributed by atoms with E-state index in [0.717, 1.165) is 6.26 Å². The predicted molar refractivity (Wildman–Crippen MR) is 79.0 cm³/mol. The van der Waals surface area contributed by atoms with Gasteiger partial charge >= 0.3 is 0 Å². The SMILES string of the molecule is CC(C)(C)[SiH2]OC(C)(C)C(N)(N)CC(=O)S(C)(=O)=O. The van der Waals surface area contributed by atoms with E-state index in [2.05, 4.69) is 0 Å². The summed E-state index contributed by atoms with van der Waals surface area (Å²) in [5, 5.41) is -0.916. The summed E-state index contributed by atoms with van der Waals surface area (Å²) in [6, 6.07) is 0. The molecule has 114 valence electrons. The van der Waals surface area contributed by atoms with Crippen LogP contribution in [0.2, 0.25) is 5.04 Å². The summed E-state index contributed by atoms with van der Waals surface area (Å²) < 4.78 is 28.1. The van der Waals surface area contributed by atoms with Crippen molar-refractivity contribution in [2.45, 2.75) is 57.3 Å². The first-order valence-electron chi connectivity index (χ1n) is 6.03. The molecule has 0 spiro atoms. The fourth-order valence-electron chi connectivity index (χ4n) is 1.11. The number of carbonyl (C=O) groups excluding carboxylic acids is 1. The fraction of sp³-hybridized carbons (Fsp3) is 0.909. The van der Waals surface area contributed by atoms with E-state index in [1.165, 1.54) is 0 Å². The Balaban J connectivity index is 4.93. The van der Waals surface area contributed by atoms with Gasteiger partial charge in [0.25, 0.3) is 0 Å². The molecule has 0 aromatic heterocycles. The van der Waals surface area contributed by atoms with Crippen LogP contribution in [0.3, 0.4) is 0 Å². The minimum absolute atomic E-state index is 0.0498. The molecule has 0 aromatic carbocycles. The van der Waals surface area contributed by atoms with E-state index in [1.807, 2.05) is 20.8 Å². The first-order chi connectivity index (χ1) is 8.08. The molecule has 0 radical (unpaired) electrons. The molecular weight excluding hydrogens is 284 g/mol. The number of rotatable bonds is 5. The maximum Gasteiger partial charge on any atom is 0.249 e. The molecule has 0 heterocycles. The Morgan fingerprint density at radius 2 is 1.58 bits per heavy atom. The maximum absolute atomic E-state index is 11.5. The van der Waals surface area contributed by atoms with Crippen molar-refractivity contribution in [1.29, 1.82) is 0 Å². The number of nitrogens with two attached hydrogens (primary N) is 2. The average Bonchev–Trinajstić information content (AvgIpc) is 2.11. The smallest absolute Gasteiger partial charge is 0.249 e. The number of sulfone groups is 1. The molecule has 0 atom stereocenters. The Labute approximate surface area is 118 Å². The van der Waals surface area contributed by atoms with E-state index in [4.69, 9.17) is 15.9 Å². The summed E-state index contributed by atoms with van der Waals surface area (Å²) in [5.74, 6) is 0. The first-order valence-corrected chi connectivity index (χ1v) is 9.21. The zero-order valence-electron chi connectivity index (χ0n) is 12.6. The van der Waals surface area contributed by atoms with Gasteiger partial charge in [-0.2, -0.15) is 0 Å². The van der Waals surface area contributed by atoms with E-state index >= 15 is 0 Å². The maximum atomic E-state index is 11.5. The van der Waals surface area contributed by atoms with Crippen LogP contribution in [-0.4, -0.2) is 40.8 Å². The molecule has 0 aliphatic rings. The molecule has 4 N–H and O–H groups in total. The zero-order valence-corrected chi connectivity index (χ0v) is 14.8. The lowest BCUT2D eigenvalue weighted by Crippen LogP contribution is -2.67. The molecular formula is C11H26N2O4SSi. The monoisotopic (exact) mass is 310 g/mol. The third kappa shape index (κ3) is 6.13. The fourth-order valence-corrected chi connectivity index (χ4v) is 2.68. The molecule has 0 rings (SSSR count).